The second-order valence-corrected chi connectivity index (χ2v) is 9.34. The number of hydrogen-bond donors (Lipinski definition) is 2. The van der Waals surface area contributed by atoms with E-state index in [1.54, 1.807) is 19.2 Å². The van der Waals surface area contributed by atoms with E-state index < -0.39 is 14.6 Å². The van der Waals surface area contributed by atoms with E-state index in [1.807, 2.05) is 6.07 Å². The molecule has 2 rings (SSSR count). The van der Waals surface area contributed by atoms with Gasteiger partial charge in [-0.25, -0.2) is 8.42 Å². The SMILES string of the molecule is CN=C(NCc1ccc(Cl)cc1Cl)NCC1(S(C)(=O)=O)CCOCC1. The van der Waals surface area contributed by atoms with E-state index in [1.165, 1.54) is 6.26 Å². The minimum atomic E-state index is -3.23. The average molecular weight is 408 g/mol. The molecule has 0 aliphatic carbocycles. The van der Waals surface area contributed by atoms with Gasteiger partial charge in [0.05, 0.1) is 4.75 Å². The molecule has 6 nitrogen and oxygen atoms in total. The number of nitrogens with zero attached hydrogens (tertiary/aromatic N) is 1. The molecule has 1 aromatic carbocycles. The van der Waals surface area contributed by atoms with E-state index in [0.29, 0.717) is 48.6 Å². The van der Waals surface area contributed by atoms with Crippen LogP contribution in [-0.4, -0.2) is 52.2 Å². The molecule has 1 heterocycles. The molecule has 1 aliphatic heterocycles. The lowest BCUT2D eigenvalue weighted by molar-refractivity contribution is 0.0756. The van der Waals surface area contributed by atoms with Gasteiger partial charge < -0.3 is 15.4 Å². The standard InChI is InChI=1S/C16H23Cl2N3O3S/c1-19-15(20-10-12-3-4-13(17)9-14(12)18)21-11-16(25(2,22)23)5-7-24-8-6-16/h3-4,9H,5-8,10-11H2,1-2H3,(H2,19,20,21). The molecule has 0 aromatic heterocycles. The van der Waals surface area contributed by atoms with Crippen LogP contribution >= 0.6 is 23.2 Å². The summed E-state index contributed by atoms with van der Waals surface area (Å²) in [7, 11) is -1.60. The van der Waals surface area contributed by atoms with Crippen molar-refractivity contribution in [2.75, 3.05) is 33.1 Å². The topological polar surface area (TPSA) is 79.8 Å². The summed E-state index contributed by atoms with van der Waals surface area (Å²) in [5, 5.41) is 7.40. The Balaban J connectivity index is 1.99. The van der Waals surface area contributed by atoms with E-state index in [4.69, 9.17) is 27.9 Å². The molecule has 0 amide bonds. The summed E-state index contributed by atoms with van der Waals surface area (Å²) in [6.45, 7) is 1.62. The minimum absolute atomic E-state index is 0.281. The second kappa shape index (κ2) is 8.58. The number of ether oxygens (including phenoxy) is 1. The van der Waals surface area contributed by atoms with Gasteiger partial charge in [-0.1, -0.05) is 29.3 Å². The smallest absolute Gasteiger partial charge is 0.191 e. The minimum Gasteiger partial charge on any atom is -0.381 e. The quantitative estimate of drug-likeness (QED) is 0.577. The highest BCUT2D eigenvalue weighted by Gasteiger charge is 2.42. The van der Waals surface area contributed by atoms with Gasteiger partial charge in [0.2, 0.25) is 0 Å². The van der Waals surface area contributed by atoms with Gasteiger partial charge in [-0.15, -0.1) is 0 Å². The summed E-state index contributed by atoms with van der Waals surface area (Å²) in [6, 6.07) is 5.28. The fourth-order valence-corrected chi connectivity index (χ4v) is 4.45. The van der Waals surface area contributed by atoms with E-state index in [0.717, 1.165) is 5.56 Å². The molecular formula is C16H23Cl2N3O3S. The molecule has 25 heavy (non-hydrogen) atoms. The zero-order chi connectivity index (χ0) is 18.5. The first-order chi connectivity index (χ1) is 11.8. The number of sulfone groups is 1. The molecule has 1 saturated heterocycles. The van der Waals surface area contributed by atoms with Gasteiger partial charge in [0.25, 0.3) is 0 Å². The van der Waals surface area contributed by atoms with Gasteiger partial charge in [-0.05, 0) is 30.5 Å². The van der Waals surface area contributed by atoms with E-state index in [2.05, 4.69) is 15.6 Å². The van der Waals surface area contributed by atoms with Crippen molar-refractivity contribution in [3.8, 4) is 0 Å². The zero-order valence-corrected chi connectivity index (χ0v) is 16.6. The van der Waals surface area contributed by atoms with Crippen LogP contribution in [0.15, 0.2) is 23.2 Å². The maximum Gasteiger partial charge on any atom is 0.191 e. The van der Waals surface area contributed by atoms with Crippen LogP contribution < -0.4 is 10.6 Å². The third-order valence-corrected chi connectivity index (χ3v) is 7.17. The second-order valence-electron chi connectivity index (χ2n) is 6.08. The summed E-state index contributed by atoms with van der Waals surface area (Å²) in [5.74, 6) is 0.514. The van der Waals surface area contributed by atoms with Crippen molar-refractivity contribution in [3.63, 3.8) is 0 Å². The lowest BCUT2D eigenvalue weighted by Crippen LogP contribution is -2.53. The van der Waals surface area contributed by atoms with Crippen molar-refractivity contribution < 1.29 is 13.2 Å². The lowest BCUT2D eigenvalue weighted by Gasteiger charge is -2.35. The van der Waals surface area contributed by atoms with Crippen molar-refractivity contribution in [2.45, 2.75) is 24.1 Å². The summed E-state index contributed by atoms with van der Waals surface area (Å²) in [4.78, 5) is 4.15. The predicted octanol–water partition coefficient (Wildman–Crippen LogP) is 2.25. The number of nitrogens with one attached hydrogen (secondary N) is 2. The van der Waals surface area contributed by atoms with Gasteiger partial charge in [-0.2, -0.15) is 0 Å². The first-order valence-electron chi connectivity index (χ1n) is 7.93. The highest BCUT2D eigenvalue weighted by Crippen LogP contribution is 2.28. The molecule has 0 spiro atoms. The monoisotopic (exact) mass is 407 g/mol. The summed E-state index contributed by atoms with van der Waals surface area (Å²) in [5.41, 5.74) is 0.873. The van der Waals surface area contributed by atoms with E-state index in [9.17, 15) is 8.42 Å². The molecule has 140 valence electrons. The molecule has 0 unspecified atom stereocenters. The normalized spacial score (nSPS) is 18.0. The van der Waals surface area contributed by atoms with Crippen LogP contribution in [0.25, 0.3) is 0 Å². The van der Waals surface area contributed by atoms with Crippen molar-refractivity contribution in [1.82, 2.24) is 10.6 Å². The molecule has 9 heteroatoms. The fourth-order valence-electron chi connectivity index (χ4n) is 2.73. The Hall–Kier alpha value is -1.02. The van der Waals surface area contributed by atoms with E-state index in [-0.39, 0.29) is 6.54 Å². The Morgan fingerprint density at radius 1 is 1.28 bits per heavy atom. The molecule has 1 aromatic rings. The third kappa shape index (κ3) is 5.23. The molecule has 0 atom stereocenters. The Morgan fingerprint density at radius 3 is 2.52 bits per heavy atom. The van der Waals surface area contributed by atoms with Crippen LogP contribution in [0, 0.1) is 0 Å². The fraction of sp³-hybridized carbons (Fsp3) is 0.562. The first-order valence-corrected chi connectivity index (χ1v) is 10.6. The van der Waals surface area contributed by atoms with Crippen molar-refractivity contribution in [3.05, 3.63) is 33.8 Å². The number of aliphatic imine (C=N–C) groups is 1. The summed E-state index contributed by atoms with van der Waals surface area (Å²) in [6.07, 6.45) is 2.22. The van der Waals surface area contributed by atoms with Crippen molar-refractivity contribution in [2.24, 2.45) is 4.99 Å². The number of guanidine groups is 1. The first kappa shape index (κ1) is 20.3. The number of rotatable bonds is 5. The van der Waals surface area contributed by atoms with E-state index >= 15 is 0 Å². The molecule has 0 bridgehead atoms. The molecule has 0 radical (unpaired) electrons. The highest BCUT2D eigenvalue weighted by molar-refractivity contribution is 7.92. The van der Waals surface area contributed by atoms with Crippen LogP contribution in [-0.2, 0) is 21.1 Å². The van der Waals surface area contributed by atoms with Crippen LogP contribution in [0.4, 0.5) is 0 Å². The van der Waals surface area contributed by atoms with Crippen LogP contribution in [0.2, 0.25) is 10.0 Å². The number of halogens is 2. The van der Waals surface area contributed by atoms with Crippen LogP contribution in [0.1, 0.15) is 18.4 Å². The largest absolute Gasteiger partial charge is 0.381 e. The van der Waals surface area contributed by atoms with Gasteiger partial charge >= 0.3 is 0 Å². The number of hydrogen-bond acceptors (Lipinski definition) is 4. The Morgan fingerprint density at radius 2 is 1.96 bits per heavy atom. The zero-order valence-electron chi connectivity index (χ0n) is 14.3. The number of benzene rings is 1. The van der Waals surface area contributed by atoms with Gasteiger partial charge in [0.1, 0.15) is 0 Å². The lowest BCUT2D eigenvalue weighted by atomic mass is 9.99. The maximum absolute atomic E-state index is 12.3. The third-order valence-electron chi connectivity index (χ3n) is 4.45. The highest BCUT2D eigenvalue weighted by atomic mass is 35.5. The van der Waals surface area contributed by atoms with Crippen LogP contribution in [0.5, 0.6) is 0 Å². The van der Waals surface area contributed by atoms with Crippen molar-refractivity contribution >= 4 is 39.0 Å². The maximum atomic E-state index is 12.3. The Labute approximate surface area is 158 Å². The molecule has 1 fully saturated rings. The predicted molar refractivity (Wildman–Crippen MR) is 102 cm³/mol. The average Bonchev–Trinajstić information content (AvgIpc) is 2.56. The van der Waals surface area contributed by atoms with Gasteiger partial charge in [0.15, 0.2) is 15.8 Å². The summed E-state index contributed by atoms with van der Waals surface area (Å²) < 4.78 is 29.0. The molecular weight excluding hydrogens is 385 g/mol. The Kier molecular flexibility index (Phi) is 6.96. The molecule has 2 N–H and O–H groups in total. The molecule has 1 aliphatic rings. The van der Waals surface area contributed by atoms with Crippen LogP contribution in [0.3, 0.4) is 0 Å². The van der Waals surface area contributed by atoms with Gasteiger partial charge in [0, 0.05) is 49.7 Å². The summed E-state index contributed by atoms with van der Waals surface area (Å²) >= 11 is 12.1. The molecule has 0 saturated carbocycles. The van der Waals surface area contributed by atoms with Gasteiger partial charge in [-0.3, -0.25) is 4.99 Å². The van der Waals surface area contributed by atoms with Crippen molar-refractivity contribution in [1.29, 1.82) is 0 Å². The Bertz CT molecular complexity index is 732.